The molecule has 2 aromatic rings. The molecule has 0 saturated carbocycles. The fourth-order valence-electron chi connectivity index (χ4n) is 3.78. The van der Waals surface area contributed by atoms with Gasteiger partial charge in [-0.05, 0) is 30.4 Å². The Morgan fingerprint density at radius 1 is 1.12 bits per heavy atom. The summed E-state index contributed by atoms with van der Waals surface area (Å²) in [5, 5.41) is 0. The molecule has 0 spiro atoms. The molecule has 0 N–H and O–H groups in total. The van der Waals surface area contributed by atoms with Crippen LogP contribution in [0.15, 0.2) is 42.9 Å². The smallest absolute Gasteiger partial charge is 0.227 e. The van der Waals surface area contributed by atoms with E-state index in [1.54, 1.807) is 18.6 Å². The highest BCUT2D eigenvalue weighted by Gasteiger charge is 2.31. The van der Waals surface area contributed by atoms with Crippen molar-refractivity contribution in [1.29, 1.82) is 0 Å². The first-order valence-electron chi connectivity index (χ1n) is 8.68. The van der Waals surface area contributed by atoms with Gasteiger partial charge in [-0.2, -0.15) is 0 Å². The number of carbonyl (C=O) groups excluding carboxylic acids is 1. The lowest BCUT2D eigenvalue weighted by atomic mass is 9.94. The van der Waals surface area contributed by atoms with Gasteiger partial charge >= 0.3 is 0 Å². The molecular weight excluding hydrogens is 300 g/mol. The van der Waals surface area contributed by atoms with Crippen molar-refractivity contribution in [3.63, 3.8) is 0 Å². The van der Waals surface area contributed by atoms with Gasteiger partial charge < -0.3 is 9.80 Å². The maximum Gasteiger partial charge on any atom is 0.227 e. The zero-order chi connectivity index (χ0) is 16.4. The third kappa shape index (κ3) is 2.98. The van der Waals surface area contributed by atoms with Gasteiger partial charge in [-0.25, -0.2) is 4.98 Å². The van der Waals surface area contributed by atoms with Crippen molar-refractivity contribution >= 4 is 11.7 Å². The molecule has 1 atom stereocenters. The summed E-state index contributed by atoms with van der Waals surface area (Å²) < 4.78 is 0. The van der Waals surface area contributed by atoms with E-state index in [4.69, 9.17) is 0 Å². The molecule has 3 heterocycles. The lowest BCUT2D eigenvalue weighted by molar-refractivity contribution is -0.136. The number of nitrogens with zero attached hydrogens (tertiary/aromatic N) is 4. The number of fused-ring (bicyclic) bond motifs is 1. The predicted octanol–water partition coefficient (Wildman–Crippen LogP) is 2.28. The van der Waals surface area contributed by atoms with Gasteiger partial charge in [-0.15, -0.1) is 0 Å². The Balaban J connectivity index is 1.45. The zero-order valence-electron chi connectivity index (χ0n) is 13.8. The molecule has 2 aliphatic rings. The lowest BCUT2D eigenvalue weighted by Crippen LogP contribution is -2.46. The fourth-order valence-corrected chi connectivity index (χ4v) is 3.78. The summed E-state index contributed by atoms with van der Waals surface area (Å²) in [4.78, 5) is 25.8. The molecule has 1 fully saturated rings. The van der Waals surface area contributed by atoms with Crippen molar-refractivity contribution in [3.8, 4) is 0 Å². The van der Waals surface area contributed by atoms with Gasteiger partial charge in [0.2, 0.25) is 5.91 Å². The van der Waals surface area contributed by atoms with Crippen molar-refractivity contribution in [1.82, 2.24) is 14.9 Å². The molecule has 1 aromatic heterocycles. The molecule has 124 valence electrons. The minimum absolute atomic E-state index is 0.0611. The first-order chi connectivity index (χ1) is 11.8. The molecule has 1 saturated heterocycles. The molecule has 0 aliphatic carbocycles. The van der Waals surface area contributed by atoms with E-state index in [0.29, 0.717) is 0 Å². The molecule has 24 heavy (non-hydrogen) atoms. The summed E-state index contributed by atoms with van der Waals surface area (Å²) in [6, 6.07) is 8.45. The summed E-state index contributed by atoms with van der Waals surface area (Å²) in [5.74, 6) is 1.23. The highest BCUT2D eigenvalue weighted by Crippen LogP contribution is 2.25. The summed E-state index contributed by atoms with van der Waals surface area (Å²) >= 11 is 0. The number of anilines is 1. The van der Waals surface area contributed by atoms with Crippen LogP contribution in [0.25, 0.3) is 0 Å². The van der Waals surface area contributed by atoms with Crippen molar-refractivity contribution in [2.45, 2.75) is 25.8 Å². The summed E-state index contributed by atoms with van der Waals surface area (Å²) in [7, 11) is 0. The molecule has 1 amide bonds. The first-order valence-corrected chi connectivity index (χ1v) is 8.68. The molecular formula is C19H22N4O. The van der Waals surface area contributed by atoms with Crippen LogP contribution < -0.4 is 4.90 Å². The average Bonchev–Trinajstić information content (AvgIpc) is 2.68. The Morgan fingerprint density at radius 2 is 2.00 bits per heavy atom. The van der Waals surface area contributed by atoms with Gasteiger partial charge in [0.1, 0.15) is 5.82 Å². The molecule has 4 rings (SSSR count). The molecule has 0 radical (unpaired) electrons. The molecule has 2 aliphatic heterocycles. The van der Waals surface area contributed by atoms with E-state index in [1.165, 1.54) is 11.1 Å². The molecule has 0 unspecified atom stereocenters. The van der Waals surface area contributed by atoms with E-state index in [-0.39, 0.29) is 11.8 Å². The SMILES string of the molecule is O=C([C@H]1CCCN(c2cnccn2)C1)N1CCc2ccccc2C1. The normalized spacial score (nSPS) is 20.6. The monoisotopic (exact) mass is 322 g/mol. The van der Waals surface area contributed by atoms with Crippen LogP contribution in [0.4, 0.5) is 5.82 Å². The standard InChI is InChI=1S/C19H22N4O/c24-19(23-11-7-15-4-1-2-5-16(15)13-23)17-6-3-10-22(14-17)18-12-20-8-9-21-18/h1-2,4-5,8-9,12,17H,3,6-7,10-11,13-14H2/t17-/m0/s1. The van der Waals surface area contributed by atoms with Crippen molar-refractivity contribution in [3.05, 3.63) is 54.0 Å². The number of hydrogen-bond acceptors (Lipinski definition) is 4. The number of aromatic nitrogens is 2. The second kappa shape index (κ2) is 6.59. The van der Waals surface area contributed by atoms with Crippen LogP contribution in [-0.4, -0.2) is 40.4 Å². The minimum Gasteiger partial charge on any atom is -0.355 e. The second-order valence-electron chi connectivity index (χ2n) is 6.63. The van der Waals surface area contributed by atoms with Gasteiger partial charge in [-0.1, -0.05) is 24.3 Å². The number of rotatable bonds is 2. The Labute approximate surface area is 142 Å². The highest BCUT2D eigenvalue weighted by atomic mass is 16.2. The maximum absolute atomic E-state index is 13.0. The van der Waals surface area contributed by atoms with E-state index >= 15 is 0 Å². The number of piperidine rings is 1. The van der Waals surface area contributed by atoms with Gasteiger partial charge in [0.05, 0.1) is 12.1 Å². The molecule has 5 nitrogen and oxygen atoms in total. The summed E-state index contributed by atoms with van der Waals surface area (Å²) in [6.45, 7) is 3.27. The quantitative estimate of drug-likeness (QED) is 0.851. The first kappa shape index (κ1) is 15.1. The van der Waals surface area contributed by atoms with Gasteiger partial charge in [0.25, 0.3) is 0 Å². The minimum atomic E-state index is 0.0611. The largest absolute Gasteiger partial charge is 0.355 e. The van der Waals surface area contributed by atoms with E-state index in [0.717, 1.165) is 51.3 Å². The number of benzene rings is 1. The average molecular weight is 322 g/mol. The summed E-state index contributed by atoms with van der Waals surface area (Å²) in [5.41, 5.74) is 2.67. The Morgan fingerprint density at radius 3 is 2.83 bits per heavy atom. The van der Waals surface area contributed by atoms with E-state index in [9.17, 15) is 4.79 Å². The zero-order valence-corrected chi connectivity index (χ0v) is 13.8. The van der Waals surface area contributed by atoms with Crippen molar-refractivity contribution < 1.29 is 4.79 Å². The molecule has 5 heteroatoms. The van der Waals surface area contributed by atoms with Gasteiger partial charge in [-0.3, -0.25) is 9.78 Å². The summed E-state index contributed by atoms with van der Waals surface area (Å²) in [6.07, 6.45) is 8.13. The second-order valence-corrected chi connectivity index (χ2v) is 6.63. The van der Waals surface area contributed by atoms with Crippen LogP contribution in [0.3, 0.4) is 0 Å². The molecule has 1 aromatic carbocycles. The Hall–Kier alpha value is -2.43. The van der Waals surface area contributed by atoms with Crippen LogP contribution in [0, 0.1) is 5.92 Å². The Bertz CT molecular complexity index is 718. The number of hydrogen-bond donors (Lipinski definition) is 0. The van der Waals surface area contributed by atoms with E-state index in [2.05, 4.69) is 39.1 Å². The van der Waals surface area contributed by atoms with Gasteiger partial charge in [0.15, 0.2) is 0 Å². The maximum atomic E-state index is 13.0. The predicted molar refractivity (Wildman–Crippen MR) is 92.5 cm³/mol. The number of amides is 1. The van der Waals surface area contributed by atoms with Crippen molar-refractivity contribution in [2.24, 2.45) is 5.92 Å². The van der Waals surface area contributed by atoms with Crippen LogP contribution in [-0.2, 0) is 17.8 Å². The third-order valence-electron chi connectivity index (χ3n) is 5.09. The fraction of sp³-hybridized carbons (Fsp3) is 0.421. The van der Waals surface area contributed by atoms with Crippen LogP contribution in [0.2, 0.25) is 0 Å². The van der Waals surface area contributed by atoms with E-state index in [1.807, 2.05) is 4.90 Å². The van der Waals surface area contributed by atoms with Crippen LogP contribution >= 0.6 is 0 Å². The topological polar surface area (TPSA) is 49.3 Å². The van der Waals surface area contributed by atoms with Crippen molar-refractivity contribution in [2.75, 3.05) is 24.5 Å². The molecule has 0 bridgehead atoms. The Kier molecular flexibility index (Phi) is 4.15. The third-order valence-corrected chi connectivity index (χ3v) is 5.09. The number of carbonyl (C=O) groups is 1. The van der Waals surface area contributed by atoms with Crippen LogP contribution in [0.1, 0.15) is 24.0 Å². The van der Waals surface area contributed by atoms with Gasteiger partial charge in [0, 0.05) is 38.6 Å². The highest BCUT2D eigenvalue weighted by molar-refractivity contribution is 5.80. The lowest BCUT2D eigenvalue weighted by Gasteiger charge is -2.37. The van der Waals surface area contributed by atoms with E-state index < -0.39 is 0 Å². The van der Waals surface area contributed by atoms with Crippen LogP contribution in [0.5, 0.6) is 0 Å².